The van der Waals surface area contributed by atoms with Crippen molar-refractivity contribution in [3.8, 4) is 11.5 Å². The average molecular weight is 449 g/mol. The standard InChI is InChI=1S/C21H28N4O5S/c1-29-18-7-6-14(11-19(18)30-2)12-24-9-4-5-17(24)20-22-16-13-25(31(3,27)28)10-8-15(16)21(26)23-20/h6-7,11,17H,4-5,8-10,12-13H2,1-3H3,(H,22,23,26)/t17-/m1/s1. The van der Waals surface area contributed by atoms with Gasteiger partial charge in [-0.3, -0.25) is 9.69 Å². The molecule has 0 aliphatic carbocycles. The van der Waals surface area contributed by atoms with E-state index in [1.807, 2.05) is 18.2 Å². The molecule has 2 aromatic rings. The second-order valence-corrected chi connectivity index (χ2v) is 10.0. The molecule has 1 N–H and O–H groups in total. The van der Waals surface area contributed by atoms with Crippen molar-refractivity contribution in [3.63, 3.8) is 0 Å². The van der Waals surface area contributed by atoms with Gasteiger partial charge in [0.15, 0.2) is 11.5 Å². The second-order valence-electron chi connectivity index (χ2n) is 8.04. The highest BCUT2D eigenvalue weighted by molar-refractivity contribution is 7.88. The van der Waals surface area contributed by atoms with Gasteiger partial charge in [0.2, 0.25) is 10.0 Å². The minimum absolute atomic E-state index is 0.0280. The van der Waals surface area contributed by atoms with Crippen LogP contribution in [0.5, 0.6) is 11.5 Å². The average Bonchev–Trinajstić information content (AvgIpc) is 3.20. The smallest absolute Gasteiger partial charge is 0.254 e. The van der Waals surface area contributed by atoms with Crippen molar-refractivity contribution >= 4 is 10.0 Å². The van der Waals surface area contributed by atoms with Crippen LogP contribution in [0.3, 0.4) is 0 Å². The summed E-state index contributed by atoms with van der Waals surface area (Å²) in [7, 11) is -0.108. The van der Waals surface area contributed by atoms with E-state index in [1.165, 1.54) is 10.6 Å². The molecule has 1 atom stereocenters. The molecule has 9 nitrogen and oxygen atoms in total. The van der Waals surface area contributed by atoms with Crippen molar-refractivity contribution in [2.24, 2.45) is 0 Å². The van der Waals surface area contributed by atoms with E-state index in [2.05, 4.69) is 9.88 Å². The Kier molecular flexibility index (Phi) is 6.05. The van der Waals surface area contributed by atoms with Crippen LogP contribution in [0.15, 0.2) is 23.0 Å². The van der Waals surface area contributed by atoms with Crippen LogP contribution < -0.4 is 15.0 Å². The lowest BCUT2D eigenvalue weighted by molar-refractivity contribution is 0.237. The Balaban J connectivity index is 1.59. The molecule has 168 valence electrons. The Morgan fingerprint density at radius 1 is 1.19 bits per heavy atom. The molecule has 0 unspecified atom stereocenters. The maximum Gasteiger partial charge on any atom is 0.254 e. The lowest BCUT2D eigenvalue weighted by Gasteiger charge is -2.28. The van der Waals surface area contributed by atoms with Gasteiger partial charge in [-0.25, -0.2) is 13.4 Å². The van der Waals surface area contributed by atoms with E-state index in [0.29, 0.717) is 48.1 Å². The van der Waals surface area contributed by atoms with E-state index >= 15 is 0 Å². The predicted molar refractivity (Wildman–Crippen MR) is 116 cm³/mol. The van der Waals surface area contributed by atoms with E-state index in [-0.39, 0.29) is 18.1 Å². The Bertz CT molecular complexity index is 1130. The lowest BCUT2D eigenvalue weighted by atomic mass is 10.1. The number of aromatic amines is 1. The Morgan fingerprint density at radius 2 is 1.97 bits per heavy atom. The van der Waals surface area contributed by atoms with Gasteiger partial charge in [0.25, 0.3) is 5.56 Å². The van der Waals surface area contributed by atoms with E-state index in [4.69, 9.17) is 14.5 Å². The van der Waals surface area contributed by atoms with Crippen molar-refractivity contribution in [2.75, 3.05) is 33.6 Å². The summed E-state index contributed by atoms with van der Waals surface area (Å²) in [4.78, 5) is 22.7. The molecular weight excluding hydrogens is 420 g/mol. The van der Waals surface area contributed by atoms with Gasteiger partial charge in [-0.1, -0.05) is 6.07 Å². The summed E-state index contributed by atoms with van der Waals surface area (Å²) in [5, 5.41) is 0. The van der Waals surface area contributed by atoms with Crippen LogP contribution in [-0.4, -0.2) is 61.2 Å². The molecule has 1 aromatic heterocycles. The molecule has 0 bridgehead atoms. The number of nitrogens with zero attached hydrogens (tertiary/aromatic N) is 3. The first kappa shape index (κ1) is 21.8. The van der Waals surface area contributed by atoms with Gasteiger partial charge in [0, 0.05) is 18.7 Å². The molecule has 0 spiro atoms. The third-order valence-electron chi connectivity index (χ3n) is 6.04. The van der Waals surface area contributed by atoms with Crippen molar-refractivity contribution < 1.29 is 17.9 Å². The second kappa shape index (κ2) is 8.60. The van der Waals surface area contributed by atoms with Crippen LogP contribution in [0.2, 0.25) is 0 Å². The Morgan fingerprint density at radius 3 is 2.68 bits per heavy atom. The summed E-state index contributed by atoms with van der Waals surface area (Å²) >= 11 is 0. The third kappa shape index (κ3) is 4.46. The van der Waals surface area contributed by atoms with Gasteiger partial charge in [-0.15, -0.1) is 0 Å². The zero-order valence-electron chi connectivity index (χ0n) is 18.1. The number of rotatable bonds is 6. The first-order valence-electron chi connectivity index (χ1n) is 10.3. The minimum Gasteiger partial charge on any atom is -0.493 e. The molecule has 2 aliphatic heterocycles. The van der Waals surface area contributed by atoms with Crippen LogP contribution in [0, 0.1) is 0 Å². The van der Waals surface area contributed by atoms with Gasteiger partial charge in [-0.2, -0.15) is 4.31 Å². The zero-order valence-corrected chi connectivity index (χ0v) is 18.9. The van der Waals surface area contributed by atoms with Gasteiger partial charge in [0.05, 0.1) is 38.8 Å². The molecule has 0 radical (unpaired) electrons. The zero-order chi connectivity index (χ0) is 22.2. The summed E-state index contributed by atoms with van der Waals surface area (Å²) in [5.41, 5.74) is 2.07. The first-order valence-corrected chi connectivity index (χ1v) is 12.2. The molecular formula is C21H28N4O5S. The van der Waals surface area contributed by atoms with Gasteiger partial charge < -0.3 is 14.5 Å². The fraction of sp³-hybridized carbons (Fsp3) is 0.524. The highest BCUT2D eigenvalue weighted by Crippen LogP contribution is 2.34. The van der Waals surface area contributed by atoms with E-state index in [0.717, 1.165) is 24.9 Å². The number of aromatic nitrogens is 2. The summed E-state index contributed by atoms with van der Waals surface area (Å²) in [6, 6.07) is 5.82. The fourth-order valence-electron chi connectivity index (χ4n) is 4.41. The molecule has 1 fully saturated rings. The van der Waals surface area contributed by atoms with Crippen molar-refractivity contribution in [3.05, 3.63) is 51.2 Å². The molecule has 10 heteroatoms. The van der Waals surface area contributed by atoms with Crippen LogP contribution >= 0.6 is 0 Å². The van der Waals surface area contributed by atoms with E-state index < -0.39 is 10.0 Å². The van der Waals surface area contributed by atoms with Gasteiger partial charge in [-0.05, 0) is 43.5 Å². The molecule has 1 saturated heterocycles. The van der Waals surface area contributed by atoms with Crippen molar-refractivity contribution in [1.29, 1.82) is 0 Å². The Labute approximate surface area is 182 Å². The summed E-state index contributed by atoms with van der Waals surface area (Å²) in [6.07, 6.45) is 3.44. The molecule has 3 heterocycles. The van der Waals surface area contributed by atoms with Crippen LogP contribution in [0.4, 0.5) is 0 Å². The summed E-state index contributed by atoms with van der Waals surface area (Å²) in [5.74, 6) is 1.97. The number of nitrogens with one attached hydrogen (secondary N) is 1. The largest absolute Gasteiger partial charge is 0.493 e. The topological polar surface area (TPSA) is 105 Å². The quantitative estimate of drug-likeness (QED) is 0.713. The van der Waals surface area contributed by atoms with Gasteiger partial charge in [0.1, 0.15) is 5.82 Å². The normalized spacial score (nSPS) is 19.9. The highest BCUT2D eigenvalue weighted by atomic mass is 32.2. The van der Waals surface area contributed by atoms with Crippen LogP contribution in [0.1, 0.15) is 41.5 Å². The molecule has 0 saturated carbocycles. The number of hydrogen-bond donors (Lipinski definition) is 1. The molecule has 0 amide bonds. The summed E-state index contributed by atoms with van der Waals surface area (Å²) in [6.45, 7) is 2.02. The molecule has 1 aromatic carbocycles. The number of methoxy groups -OCH3 is 2. The van der Waals surface area contributed by atoms with Crippen molar-refractivity contribution in [1.82, 2.24) is 19.2 Å². The number of sulfonamides is 1. The number of ether oxygens (including phenoxy) is 2. The highest BCUT2D eigenvalue weighted by Gasteiger charge is 2.31. The Hall–Kier alpha value is -2.43. The third-order valence-corrected chi connectivity index (χ3v) is 7.29. The van der Waals surface area contributed by atoms with E-state index in [1.54, 1.807) is 14.2 Å². The van der Waals surface area contributed by atoms with Crippen molar-refractivity contribution in [2.45, 2.75) is 38.4 Å². The SMILES string of the molecule is COc1ccc(CN2CCC[C@@H]2c2nc3c(c(=O)[nH]2)CCN(S(C)(=O)=O)C3)cc1OC. The first-order chi connectivity index (χ1) is 14.8. The number of H-pyrrole nitrogens is 1. The number of likely N-dealkylation sites (tertiary alicyclic amines) is 1. The number of benzene rings is 1. The number of hydrogen-bond acceptors (Lipinski definition) is 7. The van der Waals surface area contributed by atoms with E-state index in [9.17, 15) is 13.2 Å². The monoisotopic (exact) mass is 448 g/mol. The maximum atomic E-state index is 12.7. The summed E-state index contributed by atoms with van der Waals surface area (Å²) < 4.78 is 36.0. The fourth-order valence-corrected chi connectivity index (χ4v) is 5.19. The maximum absolute atomic E-state index is 12.7. The molecule has 4 rings (SSSR count). The molecule has 2 aliphatic rings. The number of fused-ring (bicyclic) bond motifs is 1. The predicted octanol–water partition coefficient (Wildman–Crippen LogP) is 1.44. The van der Waals surface area contributed by atoms with Gasteiger partial charge >= 0.3 is 0 Å². The van der Waals surface area contributed by atoms with Crippen LogP contribution in [0.25, 0.3) is 0 Å². The van der Waals surface area contributed by atoms with Crippen LogP contribution in [-0.2, 0) is 29.5 Å². The molecule has 31 heavy (non-hydrogen) atoms. The lowest BCUT2D eigenvalue weighted by Crippen LogP contribution is -2.39. The minimum atomic E-state index is -3.33.